The van der Waals surface area contributed by atoms with Crippen molar-refractivity contribution in [3.63, 3.8) is 0 Å². The SMILES string of the molecule is NC/C(=C\F)COc1ccc(C(=O)N2CCC(c3ccccc3)CC2)cc1.O=C(O)C(F)(F)F. The van der Waals surface area contributed by atoms with Crippen LogP contribution in [0.4, 0.5) is 17.6 Å². The van der Waals surface area contributed by atoms with Crippen molar-refractivity contribution in [2.24, 2.45) is 5.73 Å². The number of aliphatic carboxylic acids is 1. The number of carbonyl (C=O) groups excluding carboxylic acids is 1. The summed E-state index contributed by atoms with van der Waals surface area (Å²) in [7, 11) is 0. The maximum Gasteiger partial charge on any atom is 0.490 e. The molecule has 1 heterocycles. The van der Waals surface area contributed by atoms with Crippen LogP contribution >= 0.6 is 0 Å². The zero-order valence-corrected chi connectivity index (χ0v) is 18.3. The Labute approximate surface area is 194 Å². The molecule has 3 rings (SSSR count). The number of benzene rings is 2. The average Bonchev–Trinajstić information content (AvgIpc) is 2.85. The average molecular weight is 482 g/mol. The summed E-state index contributed by atoms with van der Waals surface area (Å²) in [5.74, 6) is -1.61. The van der Waals surface area contributed by atoms with E-state index in [1.54, 1.807) is 24.3 Å². The Morgan fingerprint density at radius 3 is 2.09 bits per heavy atom. The fraction of sp³-hybridized carbons (Fsp3) is 0.333. The Morgan fingerprint density at radius 1 is 1.06 bits per heavy atom. The summed E-state index contributed by atoms with van der Waals surface area (Å²) < 4.78 is 49.7. The second kappa shape index (κ2) is 12.7. The summed E-state index contributed by atoms with van der Waals surface area (Å²) in [6.45, 7) is 1.74. The molecule has 0 spiro atoms. The number of likely N-dealkylation sites (tertiary alicyclic amines) is 1. The third-order valence-corrected chi connectivity index (χ3v) is 5.24. The minimum absolute atomic E-state index is 0.0411. The molecule has 1 amide bonds. The number of piperidine rings is 1. The van der Waals surface area contributed by atoms with E-state index >= 15 is 0 Å². The van der Waals surface area contributed by atoms with Crippen molar-refractivity contribution in [3.05, 3.63) is 77.6 Å². The lowest BCUT2D eigenvalue weighted by atomic mass is 9.89. The minimum Gasteiger partial charge on any atom is -0.489 e. The fourth-order valence-electron chi connectivity index (χ4n) is 3.33. The zero-order valence-electron chi connectivity index (χ0n) is 18.3. The van der Waals surface area contributed by atoms with E-state index in [4.69, 9.17) is 20.4 Å². The van der Waals surface area contributed by atoms with Crippen LogP contribution in [-0.4, -0.2) is 54.3 Å². The van der Waals surface area contributed by atoms with Crippen LogP contribution in [0, 0.1) is 0 Å². The van der Waals surface area contributed by atoms with Crippen LogP contribution in [-0.2, 0) is 4.79 Å². The van der Waals surface area contributed by atoms with Gasteiger partial charge >= 0.3 is 12.1 Å². The molecule has 0 bridgehead atoms. The summed E-state index contributed by atoms with van der Waals surface area (Å²) in [5, 5.41) is 7.12. The van der Waals surface area contributed by atoms with Gasteiger partial charge in [-0.1, -0.05) is 30.3 Å². The molecule has 184 valence electrons. The number of carboxylic acids is 1. The van der Waals surface area contributed by atoms with Gasteiger partial charge in [0.15, 0.2) is 0 Å². The number of rotatable bonds is 6. The van der Waals surface area contributed by atoms with Gasteiger partial charge in [-0.05, 0) is 48.6 Å². The Bertz CT molecular complexity index is 955. The first-order valence-electron chi connectivity index (χ1n) is 10.5. The standard InChI is InChI=1S/C22H25FN2O2.C2HF3O2/c23-14-17(15-24)16-27-21-8-6-20(7-9-21)22(26)25-12-10-19(11-13-25)18-4-2-1-3-5-18;3-2(4,5)1(6)7/h1-9,14,19H,10-13,15-16,24H2;(H,6,7)/b17-14+;. The zero-order chi connectivity index (χ0) is 25.1. The van der Waals surface area contributed by atoms with Crippen LogP contribution in [0.1, 0.15) is 34.7 Å². The van der Waals surface area contributed by atoms with Gasteiger partial charge in [-0.15, -0.1) is 0 Å². The van der Waals surface area contributed by atoms with E-state index in [2.05, 4.69) is 24.3 Å². The predicted molar refractivity (Wildman–Crippen MR) is 118 cm³/mol. The summed E-state index contributed by atoms with van der Waals surface area (Å²) in [6, 6.07) is 17.5. The summed E-state index contributed by atoms with van der Waals surface area (Å²) in [6.07, 6.45) is -2.65. The summed E-state index contributed by atoms with van der Waals surface area (Å²) in [4.78, 5) is 23.5. The lowest BCUT2D eigenvalue weighted by Gasteiger charge is -2.32. The Morgan fingerprint density at radius 2 is 1.62 bits per heavy atom. The minimum atomic E-state index is -5.08. The van der Waals surface area contributed by atoms with Crippen LogP contribution < -0.4 is 10.5 Å². The highest BCUT2D eigenvalue weighted by Crippen LogP contribution is 2.28. The van der Waals surface area contributed by atoms with Crippen LogP contribution in [0.2, 0.25) is 0 Å². The monoisotopic (exact) mass is 482 g/mol. The lowest BCUT2D eigenvalue weighted by Crippen LogP contribution is -2.37. The highest BCUT2D eigenvalue weighted by Gasteiger charge is 2.38. The van der Waals surface area contributed by atoms with Crippen molar-refractivity contribution in [1.29, 1.82) is 0 Å². The molecule has 10 heteroatoms. The van der Waals surface area contributed by atoms with E-state index < -0.39 is 12.1 Å². The third kappa shape index (κ3) is 8.18. The molecule has 6 nitrogen and oxygen atoms in total. The number of carboxylic acid groups (broad SMARTS) is 1. The van der Waals surface area contributed by atoms with Gasteiger partial charge in [0.1, 0.15) is 12.4 Å². The first-order valence-corrected chi connectivity index (χ1v) is 10.5. The molecule has 3 N–H and O–H groups in total. The van der Waals surface area contributed by atoms with Gasteiger partial charge in [0.25, 0.3) is 5.91 Å². The van der Waals surface area contributed by atoms with Crippen LogP contribution in [0.25, 0.3) is 0 Å². The van der Waals surface area contributed by atoms with Crippen LogP contribution in [0.5, 0.6) is 5.75 Å². The van der Waals surface area contributed by atoms with Gasteiger partial charge < -0.3 is 20.5 Å². The number of amides is 1. The fourth-order valence-corrected chi connectivity index (χ4v) is 3.33. The normalized spacial score (nSPS) is 14.7. The van der Waals surface area contributed by atoms with Gasteiger partial charge in [-0.2, -0.15) is 13.2 Å². The second-order valence-corrected chi connectivity index (χ2v) is 7.56. The van der Waals surface area contributed by atoms with E-state index in [1.807, 2.05) is 11.0 Å². The molecule has 1 saturated heterocycles. The van der Waals surface area contributed by atoms with Crippen LogP contribution in [0.15, 0.2) is 66.5 Å². The largest absolute Gasteiger partial charge is 0.490 e. The van der Waals surface area contributed by atoms with E-state index in [-0.39, 0.29) is 19.1 Å². The Hall–Kier alpha value is -3.40. The van der Waals surface area contributed by atoms with Crippen molar-refractivity contribution >= 4 is 11.9 Å². The quantitative estimate of drug-likeness (QED) is 0.591. The van der Waals surface area contributed by atoms with Crippen molar-refractivity contribution in [3.8, 4) is 5.75 Å². The molecule has 0 saturated carbocycles. The number of alkyl halides is 3. The smallest absolute Gasteiger partial charge is 0.489 e. The maximum absolute atomic E-state index is 12.7. The number of hydrogen-bond acceptors (Lipinski definition) is 4. The number of nitrogens with zero attached hydrogens (tertiary/aromatic N) is 1. The molecule has 2 aromatic rings. The Kier molecular flexibility index (Phi) is 10.1. The van der Waals surface area contributed by atoms with E-state index in [0.717, 1.165) is 25.9 Å². The second-order valence-electron chi connectivity index (χ2n) is 7.56. The van der Waals surface area contributed by atoms with Gasteiger partial charge in [0.05, 0.1) is 6.33 Å². The molecule has 0 aliphatic carbocycles. The first kappa shape index (κ1) is 26.8. The van der Waals surface area contributed by atoms with Crippen molar-refractivity contribution in [1.82, 2.24) is 4.90 Å². The highest BCUT2D eigenvalue weighted by atomic mass is 19.4. The number of hydrogen-bond donors (Lipinski definition) is 2. The molecule has 0 unspecified atom stereocenters. The van der Waals surface area contributed by atoms with E-state index in [0.29, 0.717) is 29.1 Å². The first-order chi connectivity index (χ1) is 16.2. The van der Waals surface area contributed by atoms with Crippen molar-refractivity contribution in [2.45, 2.75) is 24.9 Å². The van der Waals surface area contributed by atoms with E-state index in [9.17, 15) is 22.4 Å². The predicted octanol–water partition coefficient (Wildman–Crippen LogP) is 4.53. The molecule has 0 aromatic heterocycles. The van der Waals surface area contributed by atoms with Crippen LogP contribution in [0.3, 0.4) is 0 Å². The summed E-state index contributed by atoms with van der Waals surface area (Å²) in [5.41, 5.74) is 7.78. The van der Waals surface area contributed by atoms with Crippen molar-refractivity contribution in [2.75, 3.05) is 26.2 Å². The number of carbonyl (C=O) groups is 2. The van der Waals surface area contributed by atoms with E-state index in [1.165, 1.54) is 5.56 Å². The van der Waals surface area contributed by atoms with Gasteiger partial charge in [-0.3, -0.25) is 4.79 Å². The highest BCUT2D eigenvalue weighted by molar-refractivity contribution is 5.94. The van der Waals surface area contributed by atoms with Gasteiger partial charge in [0, 0.05) is 30.8 Å². The molecule has 0 atom stereocenters. The number of halogens is 4. The molecule has 2 aromatic carbocycles. The number of ether oxygens (including phenoxy) is 1. The lowest BCUT2D eigenvalue weighted by molar-refractivity contribution is -0.192. The molecule has 1 aliphatic heterocycles. The molecule has 0 radical (unpaired) electrons. The maximum atomic E-state index is 12.7. The molecule has 1 aliphatic rings. The molecular weight excluding hydrogens is 456 g/mol. The summed E-state index contributed by atoms with van der Waals surface area (Å²) >= 11 is 0. The third-order valence-electron chi connectivity index (χ3n) is 5.24. The molecule has 1 fully saturated rings. The molecular formula is C24H26F4N2O4. The topological polar surface area (TPSA) is 92.9 Å². The number of nitrogens with two attached hydrogens (primary N) is 1. The van der Waals surface area contributed by atoms with Crippen molar-refractivity contribution < 1.29 is 37.0 Å². The van der Waals surface area contributed by atoms with Gasteiger partial charge in [-0.25, -0.2) is 9.18 Å². The van der Waals surface area contributed by atoms with Gasteiger partial charge in [0.2, 0.25) is 0 Å². The molecule has 34 heavy (non-hydrogen) atoms. The Balaban J connectivity index is 0.000000509.